The molecule has 14 atom stereocenters. The van der Waals surface area contributed by atoms with Gasteiger partial charge in [0.2, 0.25) is 0 Å². The molecule has 2 fully saturated rings. The number of nitrogens with zero attached hydrogens (tertiary/aromatic N) is 2. The SMILES string of the molecule is CC[C@H]1OC(=O)[C@H](C)[C@@H](O[C@H]2CC(N(CC)CC)[C@H](O)C(C)O2)[C@H](C)[C@@H](O)[C@](C)(O)C[C@@H](C)CN(C)[C@H](C)[C@@H](O)[C@]1(C)O. The van der Waals surface area contributed by atoms with Crippen LogP contribution in [-0.4, -0.2) is 134 Å². The van der Waals surface area contributed by atoms with Crippen LogP contribution in [0, 0.1) is 17.8 Å². The molecule has 2 aliphatic heterocycles. The monoisotopic (exact) mass is 618 g/mol. The second-order valence-electron chi connectivity index (χ2n) is 13.8. The zero-order valence-electron chi connectivity index (χ0n) is 28.4. The van der Waals surface area contributed by atoms with Crippen LogP contribution in [0.2, 0.25) is 0 Å². The zero-order valence-corrected chi connectivity index (χ0v) is 28.4. The Morgan fingerprint density at radius 2 is 1.58 bits per heavy atom. The van der Waals surface area contributed by atoms with Crippen molar-refractivity contribution in [3.8, 4) is 0 Å². The van der Waals surface area contributed by atoms with Crippen molar-refractivity contribution in [2.75, 3.05) is 26.7 Å². The summed E-state index contributed by atoms with van der Waals surface area (Å²) in [5.41, 5.74) is -3.27. The number of carbonyl (C=O) groups is 1. The quantitative estimate of drug-likeness (QED) is 0.277. The van der Waals surface area contributed by atoms with Crippen LogP contribution in [-0.2, 0) is 19.0 Å². The van der Waals surface area contributed by atoms with Crippen LogP contribution >= 0.6 is 0 Å². The molecule has 0 aliphatic carbocycles. The van der Waals surface area contributed by atoms with E-state index in [9.17, 15) is 30.3 Å². The molecule has 0 spiro atoms. The first-order chi connectivity index (χ1) is 19.8. The Balaban J connectivity index is 2.53. The summed E-state index contributed by atoms with van der Waals surface area (Å²) in [7, 11) is 1.83. The Morgan fingerprint density at radius 3 is 2.12 bits per heavy atom. The van der Waals surface area contributed by atoms with E-state index < -0.39 is 78.0 Å². The van der Waals surface area contributed by atoms with Gasteiger partial charge in [-0.1, -0.05) is 34.6 Å². The molecule has 0 bridgehead atoms. The van der Waals surface area contributed by atoms with E-state index in [-0.39, 0.29) is 24.8 Å². The van der Waals surface area contributed by atoms with E-state index >= 15 is 0 Å². The van der Waals surface area contributed by atoms with Crippen molar-refractivity contribution in [3.05, 3.63) is 0 Å². The topological polar surface area (TPSA) is 152 Å². The van der Waals surface area contributed by atoms with Crippen LogP contribution in [0.25, 0.3) is 0 Å². The average Bonchev–Trinajstić information content (AvgIpc) is 2.94. The summed E-state index contributed by atoms with van der Waals surface area (Å²) >= 11 is 0. The molecule has 0 radical (unpaired) electrons. The van der Waals surface area contributed by atoms with Crippen LogP contribution in [0.15, 0.2) is 0 Å². The predicted molar refractivity (Wildman–Crippen MR) is 164 cm³/mol. The number of aliphatic hydroxyl groups is 5. The number of hydrogen-bond donors (Lipinski definition) is 5. The van der Waals surface area contributed by atoms with E-state index in [4.69, 9.17) is 14.2 Å². The molecule has 0 saturated carbocycles. The van der Waals surface area contributed by atoms with Gasteiger partial charge in [-0.2, -0.15) is 0 Å². The van der Waals surface area contributed by atoms with Crippen molar-refractivity contribution in [3.63, 3.8) is 0 Å². The normalized spacial score (nSPS) is 46.7. The molecule has 2 saturated heterocycles. The summed E-state index contributed by atoms with van der Waals surface area (Å²) in [6.07, 6.45) is -5.61. The Bertz CT molecular complexity index is 868. The first-order valence-electron chi connectivity index (χ1n) is 16.3. The minimum atomic E-state index is -1.75. The van der Waals surface area contributed by atoms with Crippen molar-refractivity contribution in [2.45, 2.75) is 155 Å². The third-order valence-electron chi connectivity index (χ3n) is 10.2. The first-order valence-corrected chi connectivity index (χ1v) is 16.3. The van der Waals surface area contributed by atoms with Gasteiger partial charge in [0.05, 0.1) is 35.9 Å². The summed E-state index contributed by atoms with van der Waals surface area (Å²) in [6, 6.07) is -0.713. The zero-order chi connectivity index (χ0) is 33.0. The third-order valence-corrected chi connectivity index (χ3v) is 10.2. The molecule has 11 heteroatoms. The maximum Gasteiger partial charge on any atom is 0.311 e. The van der Waals surface area contributed by atoms with Crippen molar-refractivity contribution in [1.29, 1.82) is 0 Å². The number of ether oxygens (including phenoxy) is 3. The van der Waals surface area contributed by atoms with E-state index in [2.05, 4.69) is 4.90 Å². The Hall–Kier alpha value is -0.890. The highest BCUT2D eigenvalue weighted by molar-refractivity contribution is 5.73. The molecule has 5 N–H and O–H groups in total. The number of rotatable bonds is 6. The summed E-state index contributed by atoms with van der Waals surface area (Å²) in [4.78, 5) is 17.8. The van der Waals surface area contributed by atoms with E-state index in [0.29, 0.717) is 13.0 Å². The van der Waals surface area contributed by atoms with Gasteiger partial charge in [-0.25, -0.2) is 0 Å². The molecular formula is C32H62N2O9. The molecule has 2 rings (SSSR count). The average molecular weight is 619 g/mol. The molecule has 11 nitrogen and oxygen atoms in total. The van der Waals surface area contributed by atoms with Gasteiger partial charge < -0.3 is 44.6 Å². The van der Waals surface area contributed by atoms with Crippen molar-refractivity contribution in [1.82, 2.24) is 9.80 Å². The smallest absolute Gasteiger partial charge is 0.311 e. The van der Waals surface area contributed by atoms with Crippen LogP contribution in [0.1, 0.15) is 88.5 Å². The maximum atomic E-state index is 13.7. The number of aliphatic hydroxyl groups excluding tert-OH is 3. The summed E-state index contributed by atoms with van der Waals surface area (Å²) in [5, 5.41) is 56.8. The lowest BCUT2D eigenvalue weighted by Gasteiger charge is -2.45. The number of likely N-dealkylation sites (N-methyl/N-ethyl adjacent to an activating group) is 2. The van der Waals surface area contributed by atoms with Gasteiger partial charge in [-0.3, -0.25) is 9.69 Å². The Kier molecular flexibility index (Phi) is 13.9. The van der Waals surface area contributed by atoms with E-state index in [1.165, 1.54) is 6.92 Å². The molecule has 0 amide bonds. The predicted octanol–water partition coefficient (Wildman–Crippen LogP) is 1.76. The van der Waals surface area contributed by atoms with Crippen LogP contribution in [0.3, 0.4) is 0 Å². The second kappa shape index (κ2) is 15.6. The van der Waals surface area contributed by atoms with Gasteiger partial charge in [-0.05, 0) is 73.5 Å². The highest BCUT2D eigenvalue weighted by atomic mass is 16.7. The van der Waals surface area contributed by atoms with Crippen molar-refractivity contribution < 1.29 is 44.5 Å². The lowest BCUT2D eigenvalue weighted by Crippen LogP contribution is -2.59. The minimum absolute atomic E-state index is 0.0814. The molecule has 0 aromatic carbocycles. The van der Waals surface area contributed by atoms with Crippen LogP contribution < -0.4 is 0 Å². The summed E-state index contributed by atoms with van der Waals surface area (Å²) in [6.45, 7) is 19.8. The molecule has 254 valence electrons. The van der Waals surface area contributed by atoms with Gasteiger partial charge in [-0.15, -0.1) is 0 Å². The number of cyclic esters (lactones) is 1. The van der Waals surface area contributed by atoms with Gasteiger partial charge in [0.15, 0.2) is 6.29 Å². The third kappa shape index (κ3) is 8.89. The first kappa shape index (κ1) is 38.3. The molecule has 2 unspecified atom stereocenters. The molecule has 0 aromatic rings. The largest absolute Gasteiger partial charge is 0.459 e. The summed E-state index contributed by atoms with van der Waals surface area (Å²) < 4.78 is 18.5. The van der Waals surface area contributed by atoms with E-state index in [0.717, 1.165) is 13.1 Å². The molecule has 2 aliphatic rings. The standard InChI is InChI=1S/C32H62N2O9/c1-12-24-32(10,40)29(37)21(7)33(11)17-18(4)16-31(9,39)28(36)19(5)27(20(6)30(38)42-24)43-25-15-23(34(13-2)14-3)26(35)22(8)41-25/h18-29,35-37,39-40H,12-17H2,1-11H3/t18-,19+,20-,21-,22?,23?,24-,25+,26-,27+,28-,29-,31-,32-/m1/s1. The molecule has 2 heterocycles. The molecular weight excluding hydrogens is 556 g/mol. The summed E-state index contributed by atoms with van der Waals surface area (Å²) in [5.74, 6) is -2.39. The second-order valence-corrected chi connectivity index (χ2v) is 13.8. The fraction of sp³-hybridized carbons (Fsp3) is 0.969. The van der Waals surface area contributed by atoms with Crippen LogP contribution in [0.4, 0.5) is 0 Å². The van der Waals surface area contributed by atoms with Crippen molar-refractivity contribution >= 4 is 5.97 Å². The molecule has 43 heavy (non-hydrogen) atoms. The van der Waals surface area contributed by atoms with Gasteiger partial charge >= 0.3 is 5.97 Å². The van der Waals surface area contributed by atoms with Crippen LogP contribution in [0.5, 0.6) is 0 Å². The highest BCUT2D eigenvalue weighted by Gasteiger charge is 2.49. The Labute approximate surface area is 259 Å². The fourth-order valence-corrected chi connectivity index (χ4v) is 7.25. The number of hydrogen-bond acceptors (Lipinski definition) is 11. The Morgan fingerprint density at radius 1 is 1.00 bits per heavy atom. The lowest BCUT2D eigenvalue weighted by atomic mass is 9.78. The number of esters is 1. The van der Waals surface area contributed by atoms with Gasteiger partial charge in [0.25, 0.3) is 0 Å². The van der Waals surface area contributed by atoms with E-state index in [1.54, 1.807) is 41.5 Å². The maximum absolute atomic E-state index is 13.7. The minimum Gasteiger partial charge on any atom is -0.459 e. The highest BCUT2D eigenvalue weighted by Crippen LogP contribution is 2.35. The van der Waals surface area contributed by atoms with E-state index in [1.807, 2.05) is 32.7 Å². The fourth-order valence-electron chi connectivity index (χ4n) is 7.25. The molecule has 0 aromatic heterocycles. The lowest BCUT2D eigenvalue weighted by molar-refractivity contribution is -0.270. The van der Waals surface area contributed by atoms with Gasteiger partial charge in [0, 0.05) is 31.0 Å². The number of carbonyl (C=O) groups excluding carboxylic acids is 1. The van der Waals surface area contributed by atoms with Crippen molar-refractivity contribution in [2.24, 2.45) is 17.8 Å². The van der Waals surface area contributed by atoms with Gasteiger partial charge in [0.1, 0.15) is 17.8 Å².